The molecular weight excluding hydrogens is 320 g/mol. The van der Waals surface area contributed by atoms with Crippen LogP contribution in [0, 0.1) is 5.92 Å². The summed E-state index contributed by atoms with van der Waals surface area (Å²) >= 11 is 8.08. The molecule has 0 radical (unpaired) electrons. The Labute approximate surface area is 141 Å². The molecule has 1 aliphatic rings. The fourth-order valence-electron chi connectivity index (χ4n) is 2.14. The Kier molecular flexibility index (Phi) is 6.86. The van der Waals surface area contributed by atoms with E-state index in [-0.39, 0.29) is 11.9 Å². The van der Waals surface area contributed by atoms with Crippen molar-refractivity contribution in [2.24, 2.45) is 5.92 Å². The third-order valence-electron chi connectivity index (χ3n) is 3.22. The lowest BCUT2D eigenvalue weighted by atomic mass is 10.2. The summed E-state index contributed by atoms with van der Waals surface area (Å²) in [7, 11) is 0. The number of rotatable bonds is 6. The molecule has 1 aromatic carbocycles. The van der Waals surface area contributed by atoms with Crippen LogP contribution in [0.25, 0.3) is 0 Å². The molecule has 0 aromatic heterocycles. The van der Waals surface area contributed by atoms with Crippen LogP contribution in [0.5, 0.6) is 5.75 Å². The summed E-state index contributed by atoms with van der Waals surface area (Å²) in [4.78, 5) is 12.1. The third kappa shape index (κ3) is 5.71. The summed E-state index contributed by atoms with van der Waals surface area (Å²) in [5.74, 6) is 3.20. The van der Waals surface area contributed by atoms with Gasteiger partial charge in [-0.3, -0.25) is 4.79 Å². The molecule has 1 saturated heterocycles. The van der Waals surface area contributed by atoms with Gasteiger partial charge in [0.1, 0.15) is 5.75 Å². The highest BCUT2D eigenvalue weighted by Gasteiger charge is 2.17. The number of anilines is 1. The zero-order chi connectivity index (χ0) is 15.9. The Bertz CT molecular complexity index is 505. The molecule has 1 unspecified atom stereocenters. The molecule has 1 heterocycles. The van der Waals surface area contributed by atoms with E-state index in [0.717, 1.165) is 18.1 Å². The first kappa shape index (κ1) is 17.4. The van der Waals surface area contributed by atoms with E-state index >= 15 is 0 Å². The molecule has 1 atom stereocenters. The fourth-order valence-corrected chi connectivity index (χ4v) is 3.32. The van der Waals surface area contributed by atoms with E-state index in [9.17, 15) is 4.79 Å². The molecule has 1 aromatic rings. The SMILES string of the molecule is CC(C)COc1ccc(NC(=O)CC2CSCCN2)cc1Cl. The van der Waals surface area contributed by atoms with E-state index in [2.05, 4.69) is 24.5 Å². The van der Waals surface area contributed by atoms with Crippen molar-refractivity contribution in [3.63, 3.8) is 0 Å². The molecule has 1 fully saturated rings. The zero-order valence-corrected chi connectivity index (χ0v) is 14.6. The van der Waals surface area contributed by atoms with Gasteiger partial charge in [-0.05, 0) is 24.1 Å². The number of carbonyl (C=O) groups excluding carboxylic acids is 1. The second kappa shape index (κ2) is 8.65. The predicted octanol–water partition coefficient (Wildman–Crippen LogP) is 3.41. The maximum Gasteiger partial charge on any atom is 0.225 e. The summed E-state index contributed by atoms with van der Waals surface area (Å²) in [6, 6.07) is 5.61. The minimum absolute atomic E-state index is 0.00640. The van der Waals surface area contributed by atoms with E-state index in [1.165, 1.54) is 0 Å². The number of hydrogen-bond acceptors (Lipinski definition) is 4. The second-order valence-electron chi connectivity index (χ2n) is 5.83. The van der Waals surface area contributed by atoms with Crippen molar-refractivity contribution in [2.75, 3.05) is 30.0 Å². The minimum Gasteiger partial charge on any atom is -0.492 e. The van der Waals surface area contributed by atoms with Crippen molar-refractivity contribution in [3.8, 4) is 5.75 Å². The van der Waals surface area contributed by atoms with Crippen molar-refractivity contribution >= 4 is 35.0 Å². The van der Waals surface area contributed by atoms with Crippen LogP contribution in [-0.2, 0) is 4.79 Å². The van der Waals surface area contributed by atoms with Gasteiger partial charge < -0.3 is 15.4 Å². The van der Waals surface area contributed by atoms with Gasteiger partial charge in [0.15, 0.2) is 0 Å². The highest BCUT2D eigenvalue weighted by molar-refractivity contribution is 7.99. The number of ether oxygens (including phenoxy) is 1. The summed E-state index contributed by atoms with van der Waals surface area (Å²) in [6.45, 7) is 5.76. The van der Waals surface area contributed by atoms with Gasteiger partial charge in [0.2, 0.25) is 5.91 Å². The molecule has 6 heteroatoms. The minimum atomic E-state index is 0.00640. The zero-order valence-electron chi connectivity index (χ0n) is 13.0. The number of carbonyl (C=O) groups is 1. The Balaban J connectivity index is 1.86. The van der Waals surface area contributed by atoms with Crippen molar-refractivity contribution in [2.45, 2.75) is 26.3 Å². The van der Waals surface area contributed by atoms with Crippen molar-refractivity contribution in [3.05, 3.63) is 23.2 Å². The number of halogens is 1. The Morgan fingerprint density at radius 1 is 1.55 bits per heavy atom. The molecule has 2 N–H and O–H groups in total. The number of hydrogen-bond donors (Lipinski definition) is 2. The lowest BCUT2D eigenvalue weighted by Crippen LogP contribution is -2.39. The number of nitrogens with one attached hydrogen (secondary N) is 2. The van der Waals surface area contributed by atoms with E-state index in [1.807, 2.05) is 17.8 Å². The monoisotopic (exact) mass is 342 g/mol. The van der Waals surface area contributed by atoms with Crippen LogP contribution < -0.4 is 15.4 Å². The smallest absolute Gasteiger partial charge is 0.225 e. The summed E-state index contributed by atoms with van der Waals surface area (Å²) in [5.41, 5.74) is 0.704. The maximum atomic E-state index is 12.1. The highest BCUT2D eigenvalue weighted by Crippen LogP contribution is 2.28. The lowest BCUT2D eigenvalue weighted by molar-refractivity contribution is -0.116. The molecule has 22 heavy (non-hydrogen) atoms. The first-order chi connectivity index (χ1) is 10.5. The van der Waals surface area contributed by atoms with Gasteiger partial charge in [0.05, 0.1) is 11.6 Å². The summed E-state index contributed by atoms with van der Waals surface area (Å²) in [6.07, 6.45) is 0.482. The first-order valence-corrected chi connectivity index (χ1v) is 9.11. The lowest BCUT2D eigenvalue weighted by Gasteiger charge is -2.22. The average Bonchev–Trinajstić information content (AvgIpc) is 2.47. The maximum absolute atomic E-state index is 12.1. The quantitative estimate of drug-likeness (QED) is 0.831. The molecule has 0 aliphatic carbocycles. The van der Waals surface area contributed by atoms with E-state index in [1.54, 1.807) is 12.1 Å². The largest absolute Gasteiger partial charge is 0.492 e. The van der Waals surface area contributed by atoms with Gasteiger partial charge in [-0.15, -0.1) is 0 Å². The van der Waals surface area contributed by atoms with Gasteiger partial charge in [-0.1, -0.05) is 25.4 Å². The first-order valence-electron chi connectivity index (χ1n) is 7.58. The van der Waals surface area contributed by atoms with Crippen molar-refractivity contribution < 1.29 is 9.53 Å². The number of benzene rings is 1. The van der Waals surface area contributed by atoms with E-state index < -0.39 is 0 Å². The molecule has 0 saturated carbocycles. The van der Waals surface area contributed by atoms with E-state index in [4.69, 9.17) is 16.3 Å². The van der Waals surface area contributed by atoms with Crippen LogP contribution in [0.4, 0.5) is 5.69 Å². The Hall–Kier alpha value is -0.910. The van der Waals surface area contributed by atoms with Gasteiger partial charge in [0.25, 0.3) is 0 Å². The molecule has 4 nitrogen and oxygen atoms in total. The van der Waals surface area contributed by atoms with Crippen molar-refractivity contribution in [1.82, 2.24) is 5.32 Å². The standard InChI is InChI=1S/C16H23ClN2O2S/c1-11(2)9-21-15-4-3-12(7-14(15)17)19-16(20)8-13-10-22-6-5-18-13/h3-4,7,11,13,18H,5-6,8-10H2,1-2H3,(H,19,20). The number of thioether (sulfide) groups is 1. The van der Waals surface area contributed by atoms with Crippen LogP contribution in [0.1, 0.15) is 20.3 Å². The van der Waals surface area contributed by atoms with Crippen LogP contribution in [0.15, 0.2) is 18.2 Å². The summed E-state index contributed by atoms with van der Waals surface area (Å²) < 4.78 is 5.62. The molecule has 0 spiro atoms. The van der Waals surface area contributed by atoms with Gasteiger partial charge in [-0.25, -0.2) is 0 Å². The molecule has 122 valence electrons. The Morgan fingerprint density at radius 3 is 3.00 bits per heavy atom. The summed E-state index contributed by atoms with van der Waals surface area (Å²) in [5, 5.41) is 6.77. The van der Waals surface area contributed by atoms with Gasteiger partial charge >= 0.3 is 0 Å². The van der Waals surface area contributed by atoms with E-state index in [0.29, 0.717) is 35.4 Å². The van der Waals surface area contributed by atoms with Crippen LogP contribution in [0.2, 0.25) is 5.02 Å². The third-order valence-corrected chi connectivity index (χ3v) is 4.64. The van der Waals surface area contributed by atoms with Crippen LogP contribution >= 0.6 is 23.4 Å². The predicted molar refractivity (Wildman–Crippen MR) is 94.1 cm³/mol. The molecule has 2 rings (SSSR count). The molecule has 0 bridgehead atoms. The topological polar surface area (TPSA) is 50.4 Å². The van der Waals surface area contributed by atoms with Gasteiger partial charge in [0, 0.05) is 36.2 Å². The number of amides is 1. The Morgan fingerprint density at radius 2 is 2.36 bits per heavy atom. The van der Waals surface area contributed by atoms with Crippen LogP contribution in [-0.4, -0.2) is 36.6 Å². The second-order valence-corrected chi connectivity index (χ2v) is 7.39. The normalized spacial score (nSPS) is 18.3. The average molecular weight is 343 g/mol. The van der Waals surface area contributed by atoms with Crippen molar-refractivity contribution in [1.29, 1.82) is 0 Å². The molecule has 1 aliphatic heterocycles. The highest BCUT2D eigenvalue weighted by atomic mass is 35.5. The molecule has 1 amide bonds. The van der Waals surface area contributed by atoms with Crippen LogP contribution in [0.3, 0.4) is 0 Å². The van der Waals surface area contributed by atoms with Gasteiger partial charge in [-0.2, -0.15) is 11.8 Å². The molecular formula is C16H23ClN2O2S. The fraction of sp³-hybridized carbons (Fsp3) is 0.562.